The normalized spacial score (nSPS) is 21.8. The summed E-state index contributed by atoms with van der Waals surface area (Å²) in [6.45, 7) is -6.71. The second kappa shape index (κ2) is 6.91. The second-order valence-corrected chi connectivity index (χ2v) is 10.1. The number of urea groups is 1. The zero-order valence-electron chi connectivity index (χ0n) is 20.9. The number of nitrogens with two attached hydrogens (primary N) is 1. The minimum absolute atomic E-state index is 0.326. The molecule has 1 aromatic heterocycles. The van der Waals surface area contributed by atoms with E-state index in [1.54, 1.807) is 0 Å². The van der Waals surface area contributed by atoms with E-state index >= 15 is 0 Å². The number of nitrogens with zero attached hydrogens (tertiary/aromatic N) is 2. The summed E-state index contributed by atoms with van der Waals surface area (Å²) < 4.78 is 61.4. The third-order valence-electron chi connectivity index (χ3n) is 5.01. The molecule has 150 valence electrons. The Morgan fingerprint density at radius 2 is 1.96 bits per heavy atom. The molecule has 0 bridgehead atoms. The average molecular weight is 427 g/mol. The van der Waals surface area contributed by atoms with E-state index < -0.39 is 40.3 Å². The number of anilines is 1. The van der Waals surface area contributed by atoms with Gasteiger partial charge in [-0.05, 0) is 74.5 Å². The third kappa shape index (κ3) is 3.59. The number of hydrogen-bond donors (Lipinski definition) is 3. The number of hydrogen-bond acceptors (Lipinski definition) is 5. The van der Waals surface area contributed by atoms with E-state index in [4.69, 9.17) is 13.4 Å². The van der Waals surface area contributed by atoms with Crippen molar-refractivity contribution in [3.05, 3.63) is 39.5 Å². The lowest BCUT2D eigenvalue weighted by atomic mass is 9.99. The molecule has 0 aliphatic heterocycles. The van der Waals surface area contributed by atoms with Crippen LogP contribution < -0.4 is 10.5 Å². The van der Waals surface area contributed by atoms with Crippen molar-refractivity contribution >= 4 is 33.0 Å². The first kappa shape index (κ1) is 13.4. The summed E-state index contributed by atoms with van der Waals surface area (Å²) in [6, 6.07) is 1.26. The molecule has 1 aromatic carbocycles. The highest BCUT2D eigenvalue weighted by Crippen LogP contribution is 2.38. The SMILES string of the molecule is [2H]C([2H])([2H])C(O)(c1ncc([S@@](N)(=O)=NC(=O)Nc2c3c(cc4c2CCC4)CCC3)s1)C([2H])([2H])[2H]. The summed E-state index contributed by atoms with van der Waals surface area (Å²) in [5, 5.41) is 18.4. The summed E-state index contributed by atoms with van der Waals surface area (Å²) in [5.41, 5.74) is 1.86. The van der Waals surface area contributed by atoms with Crippen molar-refractivity contribution in [1.82, 2.24) is 4.98 Å². The van der Waals surface area contributed by atoms with Crippen LogP contribution in [0.3, 0.4) is 0 Å². The number of amides is 2. The van der Waals surface area contributed by atoms with Crippen molar-refractivity contribution < 1.29 is 22.3 Å². The van der Waals surface area contributed by atoms with E-state index in [0.29, 0.717) is 17.0 Å². The van der Waals surface area contributed by atoms with E-state index in [1.165, 1.54) is 11.1 Å². The number of aliphatic hydroxyl groups is 1. The lowest BCUT2D eigenvalue weighted by Crippen LogP contribution is -2.18. The number of nitrogens with one attached hydrogen (secondary N) is 1. The van der Waals surface area contributed by atoms with E-state index in [2.05, 4.69) is 20.7 Å². The van der Waals surface area contributed by atoms with Crippen LogP contribution in [0.15, 0.2) is 20.8 Å². The highest BCUT2D eigenvalue weighted by molar-refractivity contribution is 7.93. The Balaban J connectivity index is 1.67. The lowest BCUT2D eigenvalue weighted by Gasteiger charge is -2.15. The zero-order chi connectivity index (χ0) is 25.1. The lowest BCUT2D eigenvalue weighted by molar-refractivity contribution is 0.0783. The van der Waals surface area contributed by atoms with Crippen molar-refractivity contribution in [2.24, 2.45) is 9.50 Å². The van der Waals surface area contributed by atoms with E-state index in [1.807, 2.05) is 0 Å². The van der Waals surface area contributed by atoms with Gasteiger partial charge in [-0.2, -0.15) is 0 Å². The van der Waals surface area contributed by atoms with Crippen LogP contribution in [0.25, 0.3) is 0 Å². The van der Waals surface area contributed by atoms with Gasteiger partial charge in [-0.1, -0.05) is 6.07 Å². The molecule has 0 saturated carbocycles. The van der Waals surface area contributed by atoms with Crippen molar-refractivity contribution in [1.29, 1.82) is 0 Å². The highest BCUT2D eigenvalue weighted by Gasteiger charge is 2.26. The van der Waals surface area contributed by atoms with Gasteiger partial charge in [0.2, 0.25) is 0 Å². The molecule has 1 heterocycles. The van der Waals surface area contributed by atoms with E-state index in [-0.39, 0.29) is 4.21 Å². The molecule has 0 spiro atoms. The molecule has 4 N–H and O–H groups in total. The van der Waals surface area contributed by atoms with Gasteiger partial charge < -0.3 is 10.4 Å². The quantitative estimate of drug-likeness (QED) is 0.698. The van der Waals surface area contributed by atoms with Crippen LogP contribution in [-0.2, 0) is 41.2 Å². The molecule has 0 radical (unpaired) electrons. The molecule has 0 saturated heterocycles. The van der Waals surface area contributed by atoms with Crippen LogP contribution in [0, 0.1) is 0 Å². The van der Waals surface area contributed by atoms with E-state index in [9.17, 15) is 14.1 Å². The zero-order valence-corrected chi connectivity index (χ0v) is 16.6. The van der Waals surface area contributed by atoms with Gasteiger partial charge in [0.1, 0.15) is 14.8 Å². The van der Waals surface area contributed by atoms with Crippen molar-refractivity contribution in [2.75, 3.05) is 5.32 Å². The van der Waals surface area contributed by atoms with E-state index in [0.717, 1.165) is 55.8 Å². The number of carbonyl (C=O) groups is 1. The Bertz CT molecular complexity index is 1230. The van der Waals surface area contributed by atoms with Crippen molar-refractivity contribution in [2.45, 2.75) is 62.0 Å². The molecule has 7 nitrogen and oxygen atoms in total. The summed E-state index contributed by atoms with van der Waals surface area (Å²) in [5.74, 6) is 0. The fraction of sp³-hybridized carbons (Fsp3) is 0.474. The first-order valence-corrected chi connectivity index (χ1v) is 11.3. The molecule has 1 atom stereocenters. The van der Waals surface area contributed by atoms with Crippen LogP contribution in [0.5, 0.6) is 0 Å². The fourth-order valence-electron chi connectivity index (χ4n) is 3.83. The maximum absolute atomic E-state index is 13.1. The number of fused-ring (bicyclic) bond motifs is 2. The molecular weight excluding hydrogens is 396 g/mol. The van der Waals surface area contributed by atoms with Crippen LogP contribution >= 0.6 is 11.3 Å². The molecule has 9 heteroatoms. The number of thiazole rings is 1. The highest BCUT2D eigenvalue weighted by atomic mass is 32.2. The Morgan fingerprint density at radius 3 is 2.57 bits per heavy atom. The minimum atomic E-state index is -3.90. The molecule has 2 aliphatic carbocycles. The van der Waals surface area contributed by atoms with Gasteiger partial charge >= 0.3 is 6.03 Å². The largest absolute Gasteiger partial charge is 0.383 e. The maximum atomic E-state index is 13.1. The minimum Gasteiger partial charge on any atom is -0.383 e. The maximum Gasteiger partial charge on any atom is 0.354 e. The molecule has 2 aromatic rings. The van der Waals surface area contributed by atoms with Crippen LogP contribution in [0.4, 0.5) is 10.5 Å². The van der Waals surface area contributed by atoms with Gasteiger partial charge in [-0.25, -0.2) is 19.1 Å². The molecule has 2 amide bonds. The molecule has 0 unspecified atom stereocenters. The van der Waals surface area contributed by atoms with Crippen LogP contribution in [-0.4, -0.2) is 20.3 Å². The average Bonchev–Trinajstić information content (AvgIpc) is 3.44. The Hall–Kier alpha value is -1.81. The van der Waals surface area contributed by atoms with Crippen molar-refractivity contribution in [3.63, 3.8) is 0 Å². The first-order chi connectivity index (χ1) is 15.6. The third-order valence-corrected chi connectivity index (χ3v) is 7.99. The second-order valence-electron chi connectivity index (χ2n) is 7.02. The molecule has 28 heavy (non-hydrogen) atoms. The Morgan fingerprint density at radius 1 is 1.32 bits per heavy atom. The Labute approximate surface area is 177 Å². The van der Waals surface area contributed by atoms with Gasteiger partial charge in [-0.15, -0.1) is 15.7 Å². The van der Waals surface area contributed by atoms with Gasteiger partial charge in [-0.3, -0.25) is 0 Å². The number of aromatic nitrogens is 1. The molecule has 4 rings (SSSR count). The standard InChI is InChI=1S/C19H24N4O3S2/c1-19(2,25)17-21-10-15(27-17)28(20,26)23-18(24)22-16-13-7-3-5-11(13)9-12-6-4-8-14(12)16/h9-10,25H,3-8H2,1-2H3,(H3,20,22,23,24,26)/t28-/m0/s1/i1D3,2D3. The van der Waals surface area contributed by atoms with Gasteiger partial charge in [0.15, 0.2) is 9.92 Å². The number of aryl methyl sites for hydroxylation is 2. The summed E-state index contributed by atoms with van der Waals surface area (Å²) in [7, 11) is -3.90. The number of carbonyl (C=O) groups excluding carboxylic acids is 1. The van der Waals surface area contributed by atoms with Crippen LogP contribution in [0.1, 0.15) is 62.0 Å². The number of rotatable bonds is 3. The number of benzene rings is 1. The van der Waals surface area contributed by atoms with Crippen LogP contribution in [0.2, 0.25) is 0 Å². The molecule has 0 fully saturated rings. The van der Waals surface area contributed by atoms with Crippen molar-refractivity contribution in [3.8, 4) is 0 Å². The fourth-order valence-corrected chi connectivity index (χ4v) is 5.79. The topological polar surface area (TPSA) is 118 Å². The van der Waals surface area contributed by atoms with Gasteiger partial charge in [0.25, 0.3) is 0 Å². The van der Waals surface area contributed by atoms with Gasteiger partial charge in [0.05, 0.1) is 6.20 Å². The first-order valence-electron chi connectivity index (χ1n) is 11.9. The Kier molecular flexibility index (Phi) is 3.31. The molecular formula is C19H24N4O3S2. The predicted molar refractivity (Wildman–Crippen MR) is 110 cm³/mol. The summed E-state index contributed by atoms with van der Waals surface area (Å²) in [4.78, 5) is 16.4. The predicted octanol–water partition coefficient (Wildman–Crippen LogP) is 3.28. The summed E-state index contributed by atoms with van der Waals surface area (Å²) >= 11 is 0.334. The monoisotopic (exact) mass is 426 g/mol. The molecule has 2 aliphatic rings. The van der Waals surface area contributed by atoms with Gasteiger partial charge in [0, 0.05) is 13.9 Å². The summed E-state index contributed by atoms with van der Waals surface area (Å²) in [6.07, 6.45) is 6.32. The smallest absolute Gasteiger partial charge is 0.354 e.